The number of ether oxygens (including phenoxy) is 1. The van der Waals surface area contributed by atoms with Crippen molar-refractivity contribution in [1.29, 1.82) is 0 Å². The number of carboxylic acids is 1. The Hall–Kier alpha value is -3.96. The zero-order chi connectivity index (χ0) is 30.8. The van der Waals surface area contributed by atoms with Crippen molar-refractivity contribution in [2.24, 2.45) is 0 Å². The minimum atomic E-state index is -1.04. The van der Waals surface area contributed by atoms with Crippen LogP contribution in [0.2, 0.25) is 5.02 Å². The van der Waals surface area contributed by atoms with E-state index >= 15 is 0 Å². The SMILES string of the molecule is COC1CCN(c2cccc3c2CCN(C(=O)C2CC(c4cccc(Cl)c4)NN2)C3C(=O)Nc2ccc(C(=O)O)cc2)CC1. The highest BCUT2D eigenvalue weighted by Crippen LogP contribution is 2.38. The number of anilines is 2. The first kappa shape index (κ1) is 30.1. The van der Waals surface area contributed by atoms with E-state index in [1.807, 2.05) is 36.4 Å². The molecule has 0 spiro atoms. The second-order valence-electron chi connectivity index (χ2n) is 11.5. The number of carboxylic acid groups (broad SMARTS) is 1. The molecule has 0 bridgehead atoms. The molecule has 230 valence electrons. The number of hydrogen-bond acceptors (Lipinski definition) is 7. The normalized spacial score (nSPS) is 22.0. The van der Waals surface area contributed by atoms with Crippen LogP contribution in [0.15, 0.2) is 66.7 Å². The van der Waals surface area contributed by atoms with Crippen molar-refractivity contribution in [3.05, 3.63) is 94.0 Å². The van der Waals surface area contributed by atoms with Gasteiger partial charge in [0.25, 0.3) is 5.91 Å². The van der Waals surface area contributed by atoms with Gasteiger partial charge in [-0.2, -0.15) is 0 Å². The number of amides is 2. The summed E-state index contributed by atoms with van der Waals surface area (Å²) >= 11 is 6.21. The third kappa shape index (κ3) is 6.16. The molecule has 2 amide bonds. The summed E-state index contributed by atoms with van der Waals surface area (Å²) in [5.41, 5.74) is 10.9. The molecule has 3 aliphatic heterocycles. The molecule has 3 aromatic rings. The summed E-state index contributed by atoms with van der Waals surface area (Å²) in [6, 6.07) is 18.0. The van der Waals surface area contributed by atoms with Crippen LogP contribution >= 0.6 is 11.6 Å². The first-order valence-corrected chi connectivity index (χ1v) is 15.3. The van der Waals surface area contributed by atoms with Gasteiger partial charge in [-0.15, -0.1) is 0 Å². The quantitative estimate of drug-likeness (QED) is 0.309. The fraction of sp³-hybridized carbons (Fsp3) is 0.364. The first-order valence-electron chi connectivity index (χ1n) is 14.9. The molecule has 3 heterocycles. The average molecular weight is 618 g/mol. The van der Waals surface area contributed by atoms with Gasteiger partial charge in [-0.3, -0.25) is 9.59 Å². The highest BCUT2D eigenvalue weighted by Gasteiger charge is 2.42. The molecule has 0 aromatic heterocycles. The van der Waals surface area contributed by atoms with Gasteiger partial charge in [0, 0.05) is 49.2 Å². The van der Waals surface area contributed by atoms with Crippen LogP contribution in [0.25, 0.3) is 0 Å². The number of benzene rings is 3. The maximum absolute atomic E-state index is 14.1. The lowest BCUT2D eigenvalue weighted by molar-refractivity contribution is -0.141. The largest absolute Gasteiger partial charge is 0.478 e. The van der Waals surface area contributed by atoms with E-state index in [2.05, 4.69) is 27.1 Å². The number of carbonyl (C=O) groups is 3. The van der Waals surface area contributed by atoms with E-state index in [1.165, 1.54) is 12.1 Å². The monoisotopic (exact) mass is 617 g/mol. The lowest BCUT2D eigenvalue weighted by atomic mass is 9.88. The molecule has 0 saturated carbocycles. The van der Waals surface area contributed by atoms with E-state index in [0.29, 0.717) is 30.1 Å². The molecule has 3 aromatic carbocycles. The lowest BCUT2D eigenvalue weighted by Gasteiger charge is -2.40. The van der Waals surface area contributed by atoms with Gasteiger partial charge in [0.2, 0.25) is 5.91 Å². The van der Waals surface area contributed by atoms with Gasteiger partial charge in [-0.1, -0.05) is 35.9 Å². The number of carbonyl (C=O) groups excluding carboxylic acids is 2. The van der Waals surface area contributed by atoms with Crippen molar-refractivity contribution in [3.63, 3.8) is 0 Å². The van der Waals surface area contributed by atoms with Gasteiger partial charge in [-0.25, -0.2) is 15.6 Å². The van der Waals surface area contributed by atoms with E-state index < -0.39 is 18.1 Å². The Morgan fingerprint density at radius 3 is 2.43 bits per heavy atom. The van der Waals surface area contributed by atoms with E-state index in [4.69, 9.17) is 16.3 Å². The highest BCUT2D eigenvalue weighted by molar-refractivity contribution is 6.30. The predicted octanol–water partition coefficient (Wildman–Crippen LogP) is 4.33. The third-order valence-corrected chi connectivity index (χ3v) is 9.13. The van der Waals surface area contributed by atoms with Crippen LogP contribution in [0.4, 0.5) is 11.4 Å². The summed E-state index contributed by atoms with van der Waals surface area (Å²) in [7, 11) is 1.75. The number of aromatic carboxylic acids is 1. The fourth-order valence-electron chi connectivity index (χ4n) is 6.57. The number of piperidine rings is 1. The Balaban J connectivity index is 1.29. The fourth-order valence-corrected chi connectivity index (χ4v) is 6.76. The standard InChI is InChI=1S/C33H36ClN5O5/c1-44-24-12-15-38(16-13-24)29-7-3-6-26-25(29)14-17-39(30(26)31(40)35-23-10-8-20(9-11-23)33(42)43)32(41)28-19-27(36-37-28)21-4-2-5-22(34)18-21/h2-11,18,24,27-28,30,36-37H,12-17,19H2,1H3,(H,35,40)(H,42,43). The molecule has 11 heteroatoms. The van der Waals surface area contributed by atoms with Crippen LogP contribution in [0, 0.1) is 0 Å². The van der Waals surface area contributed by atoms with Crippen molar-refractivity contribution in [2.75, 3.05) is 37.0 Å². The van der Waals surface area contributed by atoms with Crippen molar-refractivity contribution in [3.8, 4) is 0 Å². The highest BCUT2D eigenvalue weighted by atomic mass is 35.5. The molecule has 2 saturated heterocycles. The van der Waals surface area contributed by atoms with Crippen LogP contribution in [0.3, 0.4) is 0 Å². The molecular weight excluding hydrogens is 582 g/mol. The Labute approximate surface area is 261 Å². The van der Waals surface area contributed by atoms with Crippen LogP contribution in [-0.2, 0) is 20.7 Å². The Morgan fingerprint density at radius 2 is 1.73 bits per heavy atom. The molecule has 0 radical (unpaired) electrons. The number of fused-ring (bicyclic) bond motifs is 1. The minimum Gasteiger partial charge on any atom is -0.478 e. The molecule has 10 nitrogen and oxygen atoms in total. The number of rotatable bonds is 7. The van der Waals surface area contributed by atoms with E-state index in [9.17, 15) is 19.5 Å². The molecule has 3 aliphatic rings. The molecule has 3 unspecified atom stereocenters. The van der Waals surface area contributed by atoms with Crippen molar-refractivity contribution in [1.82, 2.24) is 15.8 Å². The maximum Gasteiger partial charge on any atom is 0.335 e. The van der Waals surface area contributed by atoms with Crippen LogP contribution in [-0.4, -0.2) is 66.7 Å². The van der Waals surface area contributed by atoms with Crippen LogP contribution in [0.1, 0.15) is 58.4 Å². The number of nitrogens with zero attached hydrogens (tertiary/aromatic N) is 2. The Kier molecular flexibility index (Phi) is 8.86. The molecule has 3 atom stereocenters. The summed E-state index contributed by atoms with van der Waals surface area (Å²) in [5.74, 6) is -1.56. The summed E-state index contributed by atoms with van der Waals surface area (Å²) < 4.78 is 5.57. The van der Waals surface area contributed by atoms with Crippen molar-refractivity contribution in [2.45, 2.75) is 49.9 Å². The van der Waals surface area contributed by atoms with Crippen molar-refractivity contribution >= 4 is 40.8 Å². The summed E-state index contributed by atoms with van der Waals surface area (Å²) in [6.07, 6.45) is 3.22. The molecule has 2 fully saturated rings. The smallest absolute Gasteiger partial charge is 0.335 e. The number of hydrazine groups is 1. The van der Waals surface area contributed by atoms with Crippen molar-refractivity contribution < 1.29 is 24.2 Å². The van der Waals surface area contributed by atoms with Crippen LogP contribution < -0.4 is 21.1 Å². The number of nitrogens with one attached hydrogen (secondary N) is 3. The summed E-state index contributed by atoms with van der Waals surface area (Å²) in [4.78, 5) is 43.5. The predicted molar refractivity (Wildman–Crippen MR) is 168 cm³/mol. The summed E-state index contributed by atoms with van der Waals surface area (Å²) in [6.45, 7) is 2.09. The van der Waals surface area contributed by atoms with E-state index in [1.54, 1.807) is 24.1 Å². The molecule has 6 rings (SSSR count). The molecule has 44 heavy (non-hydrogen) atoms. The van der Waals surface area contributed by atoms with Gasteiger partial charge in [0.15, 0.2) is 0 Å². The number of halogens is 1. The van der Waals surface area contributed by atoms with Gasteiger partial charge in [-0.05, 0) is 84.8 Å². The second kappa shape index (κ2) is 13.0. The zero-order valence-corrected chi connectivity index (χ0v) is 25.2. The third-order valence-electron chi connectivity index (χ3n) is 8.90. The molecular formula is C33H36ClN5O5. The zero-order valence-electron chi connectivity index (χ0n) is 24.5. The minimum absolute atomic E-state index is 0.110. The second-order valence-corrected chi connectivity index (χ2v) is 11.9. The van der Waals surface area contributed by atoms with Crippen LogP contribution in [0.5, 0.6) is 0 Å². The lowest BCUT2D eigenvalue weighted by Crippen LogP contribution is -2.52. The van der Waals surface area contributed by atoms with E-state index in [-0.39, 0.29) is 29.5 Å². The molecule has 0 aliphatic carbocycles. The summed E-state index contributed by atoms with van der Waals surface area (Å²) in [5, 5.41) is 12.8. The number of methoxy groups -OCH3 is 1. The van der Waals surface area contributed by atoms with Gasteiger partial charge in [0.1, 0.15) is 12.1 Å². The Morgan fingerprint density at radius 1 is 0.977 bits per heavy atom. The Bertz CT molecular complexity index is 1540. The molecule has 4 N–H and O–H groups in total. The first-order chi connectivity index (χ1) is 21.3. The van der Waals surface area contributed by atoms with Gasteiger partial charge in [0.05, 0.1) is 11.7 Å². The van der Waals surface area contributed by atoms with Gasteiger partial charge >= 0.3 is 5.97 Å². The number of hydrogen-bond donors (Lipinski definition) is 4. The van der Waals surface area contributed by atoms with Gasteiger partial charge < -0.3 is 25.0 Å². The maximum atomic E-state index is 14.1. The van der Waals surface area contributed by atoms with E-state index in [0.717, 1.165) is 48.3 Å². The average Bonchev–Trinajstić information content (AvgIpc) is 3.54. The topological polar surface area (TPSA) is 123 Å².